The molecule has 1 aliphatic heterocycles. The van der Waals surface area contributed by atoms with Gasteiger partial charge in [0.1, 0.15) is 0 Å². The van der Waals surface area contributed by atoms with Gasteiger partial charge in [0.05, 0.1) is 25.2 Å². The average molecular weight is 274 g/mol. The summed E-state index contributed by atoms with van der Waals surface area (Å²) in [5.74, 6) is 0.340. The van der Waals surface area contributed by atoms with Gasteiger partial charge in [-0.15, -0.1) is 0 Å². The minimum atomic E-state index is -3.18. The Kier molecular flexibility index (Phi) is 7.12. The highest BCUT2D eigenvalue weighted by Crippen LogP contribution is 2.04. The molecule has 0 aromatic rings. The van der Waals surface area contributed by atoms with Gasteiger partial charge >= 0.3 is 0 Å². The molecular formula is C8H18O6S2. The highest BCUT2D eigenvalue weighted by molar-refractivity contribution is 7.87. The molecule has 0 spiro atoms. The Morgan fingerprint density at radius 3 is 2.25 bits per heavy atom. The second kappa shape index (κ2) is 7.21. The number of rotatable bonds is 4. The molecule has 0 bridgehead atoms. The highest BCUT2D eigenvalue weighted by Gasteiger charge is 2.16. The van der Waals surface area contributed by atoms with Crippen LogP contribution in [0, 0.1) is 0 Å². The third-order valence-corrected chi connectivity index (χ3v) is 4.41. The Morgan fingerprint density at radius 1 is 1.38 bits per heavy atom. The van der Waals surface area contributed by atoms with E-state index in [1.54, 1.807) is 0 Å². The summed E-state index contributed by atoms with van der Waals surface area (Å²) in [5, 5.41) is 0. The molecule has 0 unspecified atom stereocenters. The fourth-order valence-corrected chi connectivity index (χ4v) is 2.65. The summed E-state index contributed by atoms with van der Waals surface area (Å²) in [6.45, 7) is 2.31. The molecule has 1 heterocycles. The van der Waals surface area contributed by atoms with Crippen LogP contribution in [-0.2, 0) is 28.6 Å². The first-order chi connectivity index (χ1) is 7.33. The largest absolute Gasteiger partial charge is 0.273 e. The first-order valence-electron chi connectivity index (χ1n) is 4.98. The van der Waals surface area contributed by atoms with E-state index in [0.717, 1.165) is 6.42 Å². The predicted molar refractivity (Wildman–Crippen MR) is 60.1 cm³/mol. The Morgan fingerprint density at radius 2 is 2.00 bits per heavy atom. The Labute approximate surface area is 97.2 Å². The third kappa shape index (κ3) is 8.03. The van der Waals surface area contributed by atoms with E-state index in [-0.39, 0.29) is 11.5 Å². The lowest BCUT2D eigenvalue weighted by Gasteiger charge is -1.96. The predicted octanol–water partition coefficient (Wildman–Crippen LogP) is 0.499. The normalized spacial score (nSPS) is 18.9. The van der Waals surface area contributed by atoms with Crippen molar-refractivity contribution in [2.24, 2.45) is 0 Å². The molecule has 0 amide bonds. The highest BCUT2D eigenvalue weighted by atomic mass is 32.2. The van der Waals surface area contributed by atoms with Crippen molar-refractivity contribution in [1.29, 1.82) is 0 Å². The van der Waals surface area contributed by atoms with Crippen LogP contribution in [0.1, 0.15) is 26.2 Å². The maximum atomic E-state index is 10.5. The first kappa shape index (κ1) is 15.8. The zero-order valence-corrected chi connectivity index (χ0v) is 11.1. The molecule has 1 saturated heterocycles. The van der Waals surface area contributed by atoms with Crippen LogP contribution in [0.3, 0.4) is 0 Å². The van der Waals surface area contributed by atoms with Crippen molar-refractivity contribution < 1.29 is 25.2 Å². The lowest BCUT2D eigenvalue weighted by molar-refractivity contribution is 0.354. The van der Waals surface area contributed by atoms with Crippen molar-refractivity contribution in [2.45, 2.75) is 26.2 Å². The van der Waals surface area contributed by atoms with Gasteiger partial charge in [-0.2, -0.15) is 16.8 Å². The standard InChI is InChI=1S/C5H12O3S.C3H6O3S/c1-3-4-5-9(6,7)8-2;4-7(5)3-1-2-6-7/h3-5H2,1-2H3;1-3H2. The van der Waals surface area contributed by atoms with Crippen LogP contribution < -0.4 is 0 Å². The van der Waals surface area contributed by atoms with Gasteiger partial charge in [-0.1, -0.05) is 13.3 Å². The molecule has 0 atom stereocenters. The van der Waals surface area contributed by atoms with Crippen molar-refractivity contribution in [2.75, 3.05) is 25.2 Å². The molecular weight excluding hydrogens is 256 g/mol. The van der Waals surface area contributed by atoms with Crippen LogP contribution in [0.2, 0.25) is 0 Å². The number of hydrogen-bond donors (Lipinski definition) is 0. The van der Waals surface area contributed by atoms with Crippen LogP contribution >= 0.6 is 0 Å². The van der Waals surface area contributed by atoms with Crippen LogP contribution in [0.5, 0.6) is 0 Å². The van der Waals surface area contributed by atoms with E-state index < -0.39 is 20.2 Å². The van der Waals surface area contributed by atoms with Crippen molar-refractivity contribution >= 4 is 20.2 Å². The Bertz CT molecular complexity index is 357. The molecule has 1 rings (SSSR count). The molecule has 0 aromatic carbocycles. The van der Waals surface area contributed by atoms with Crippen LogP contribution in [0.15, 0.2) is 0 Å². The molecule has 0 aromatic heterocycles. The molecule has 1 aliphatic rings. The van der Waals surface area contributed by atoms with Crippen molar-refractivity contribution in [1.82, 2.24) is 0 Å². The van der Waals surface area contributed by atoms with Crippen LogP contribution in [-0.4, -0.2) is 42.1 Å². The molecule has 0 radical (unpaired) electrons. The zero-order valence-electron chi connectivity index (χ0n) is 9.51. The van der Waals surface area contributed by atoms with Crippen LogP contribution in [0.4, 0.5) is 0 Å². The van der Waals surface area contributed by atoms with Gasteiger partial charge in [0.15, 0.2) is 0 Å². The van der Waals surface area contributed by atoms with E-state index in [1.807, 2.05) is 6.92 Å². The summed E-state index contributed by atoms with van der Waals surface area (Å²) in [7, 11) is -5.04. The van der Waals surface area contributed by atoms with Crippen molar-refractivity contribution in [3.8, 4) is 0 Å². The molecule has 16 heavy (non-hydrogen) atoms. The summed E-state index contributed by atoms with van der Waals surface area (Å²) in [6, 6.07) is 0. The molecule has 1 fully saturated rings. The van der Waals surface area contributed by atoms with E-state index in [1.165, 1.54) is 7.11 Å². The van der Waals surface area contributed by atoms with E-state index >= 15 is 0 Å². The fourth-order valence-electron chi connectivity index (χ4n) is 0.885. The second-order valence-electron chi connectivity index (χ2n) is 3.22. The fraction of sp³-hybridized carbons (Fsp3) is 1.00. The SMILES string of the molecule is CCCCS(=O)(=O)OC.O=S1(=O)CCCO1. The zero-order chi connectivity index (χ0) is 12.7. The van der Waals surface area contributed by atoms with Gasteiger partial charge in [-0.3, -0.25) is 8.37 Å². The number of hydrogen-bond acceptors (Lipinski definition) is 6. The summed E-state index contributed by atoms with van der Waals surface area (Å²) < 4.78 is 50.0. The smallest absolute Gasteiger partial charge is 0.267 e. The van der Waals surface area contributed by atoms with E-state index in [4.69, 9.17) is 0 Å². The lowest BCUT2D eigenvalue weighted by Crippen LogP contribution is -2.06. The van der Waals surface area contributed by atoms with Gasteiger partial charge in [0, 0.05) is 0 Å². The summed E-state index contributed by atoms with van der Waals surface area (Å²) in [4.78, 5) is 0. The third-order valence-electron chi connectivity index (χ3n) is 1.80. The maximum Gasteiger partial charge on any atom is 0.267 e. The molecule has 98 valence electrons. The molecule has 8 heteroatoms. The van der Waals surface area contributed by atoms with E-state index in [0.29, 0.717) is 19.4 Å². The van der Waals surface area contributed by atoms with E-state index in [2.05, 4.69) is 8.37 Å². The topological polar surface area (TPSA) is 86.7 Å². The van der Waals surface area contributed by atoms with Crippen molar-refractivity contribution in [3.05, 3.63) is 0 Å². The minimum absolute atomic E-state index is 0.139. The van der Waals surface area contributed by atoms with Gasteiger partial charge in [-0.05, 0) is 12.8 Å². The van der Waals surface area contributed by atoms with Crippen molar-refractivity contribution in [3.63, 3.8) is 0 Å². The molecule has 0 N–H and O–H groups in total. The first-order valence-corrected chi connectivity index (χ1v) is 8.14. The average Bonchev–Trinajstić information content (AvgIpc) is 2.61. The summed E-state index contributed by atoms with van der Waals surface area (Å²) in [6.07, 6.45) is 2.21. The molecule has 6 nitrogen and oxygen atoms in total. The maximum absolute atomic E-state index is 10.5. The monoisotopic (exact) mass is 274 g/mol. The van der Waals surface area contributed by atoms with Gasteiger partial charge < -0.3 is 0 Å². The quantitative estimate of drug-likeness (QED) is 0.694. The lowest BCUT2D eigenvalue weighted by atomic mass is 10.4. The summed E-state index contributed by atoms with van der Waals surface area (Å²) >= 11 is 0. The number of unbranched alkanes of at least 4 members (excludes halogenated alkanes) is 1. The van der Waals surface area contributed by atoms with Gasteiger partial charge in [-0.25, -0.2) is 0 Å². The molecule has 0 aliphatic carbocycles. The Hall–Kier alpha value is -0.180. The van der Waals surface area contributed by atoms with E-state index in [9.17, 15) is 16.8 Å². The van der Waals surface area contributed by atoms with Gasteiger partial charge in [0.2, 0.25) is 0 Å². The summed E-state index contributed by atoms with van der Waals surface area (Å²) in [5.41, 5.74) is 0. The molecule has 0 saturated carbocycles. The minimum Gasteiger partial charge on any atom is -0.273 e. The van der Waals surface area contributed by atoms with Crippen LogP contribution in [0.25, 0.3) is 0 Å². The second-order valence-corrected chi connectivity index (χ2v) is 6.84. The Balaban J connectivity index is 0.000000288. The van der Waals surface area contributed by atoms with Gasteiger partial charge in [0.25, 0.3) is 20.2 Å².